The number of piperidine rings is 1. The molecule has 1 saturated heterocycles. The maximum Gasteiger partial charge on any atom is 0.235 e. The van der Waals surface area contributed by atoms with Crippen LogP contribution in [0.2, 0.25) is 0 Å². The molecule has 0 unspecified atom stereocenters. The van der Waals surface area contributed by atoms with Crippen LogP contribution in [-0.4, -0.2) is 51.7 Å². The number of ether oxygens (including phenoxy) is 1. The van der Waals surface area contributed by atoms with E-state index in [0.29, 0.717) is 53.3 Å². The van der Waals surface area contributed by atoms with Gasteiger partial charge in [-0.3, -0.25) is 9.69 Å². The SMILES string of the molecule is Cc1cc(OCCN2CCC3(CC2)C(=O)Nc2ccc(C#N)cc23)cc(C)c1S(C)(=O)=O. The van der Waals surface area contributed by atoms with Crippen LogP contribution < -0.4 is 10.1 Å². The lowest BCUT2D eigenvalue weighted by Crippen LogP contribution is -2.47. The molecule has 8 heteroatoms. The fourth-order valence-electron chi connectivity index (χ4n) is 5.01. The molecule has 2 aliphatic rings. The summed E-state index contributed by atoms with van der Waals surface area (Å²) in [7, 11) is -3.27. The second-order valence-corrected chi connectivity index (χ2v) is 10.7. The topological polar surface area (TPSA) is 99.5 Å². The molecule has 32 heavy (non-hydrogen) atoms. The summed E-state index contributed by atoms with van der Waals surface area (Å²) >= 11 is 0. The van der Waals surface area contributed by atoms with Crippen molar-refractivity contribution in [3.8, 4) is 11.8 Å². The summed E-state index contributed by atoms with van der Waals surface area (Å²) < 4.78 is 29.8. The van der Waals surface area contributed by atoms with Crippen molar-refractivity contribution in [2.45, 2.75) is 37.0 Å². The Morgan fingerprint density at radius 1 is 1.16 bits per heavy atom. The molecule has 2 aromatic rings. The highest BCUT2D eigenvalue weighted by Gasteiger charge is 2.48. The Morgan fingerprint density at radius 3 is 2.41 bits per heavy atom. The summed E-state index contributed by atoms with van der Waals surface area (Å²) in [6.45, 7) is 6.28. The molecule has 0 aromatic heterocycles. The van der Waals surface area contributed by atoms with Gasteiger partial charge in [-0.1, -0.05) is 0 Å². The minimum Gasteiger partial charge on any atom is -0.492 e. The van der Waals surface area contributed by atoms with Crippen LogP contribution in [0, 0.1) is 25.2 Å². The maximum atomic E-state index is 12.8. The van der Waals surface area contributed by atoms with E-state index in [9.17, 15) is 18.5 Å². The summed E-state index contributed by atoms with van der Waals surface area (Å²) in [4.78, 5) is 15.4. The molecule has 168 valence electrons. The molecule has 1 fully saturated rings. The average Bonchev–Trinajstić information content (AvgIpc) is 2.98. The lowest BCUT2D eigenvalue weighted by Gasteiger charge is -2.38. The van der Waals surface area contributed by atoms with Gasteiger partial charge < -0.3 is 10.1 Å². The van der Waals surface area contributed by atoms with Crippen molar-refractivity contribution in [1.29, 1.82) is 5.26 Å². The number of amides is 1. The predicted octanol–water partition coefficient (Wildman–Crippen LogP) is 2.94. The van der Waals surface area contributed by atoms with Crippen LogP contribution in [0.1, 0.15) is 35.1 Å². The van der Waals surface area contributed by atoms with Gasteiger partial charge in [-0.05, 0) is 86.8 Å². The van der Waals surface area contributed by atoms with Gasteiger partial charge in [0.25, 0.3) is 0 Å². The quantitative estimate of drug-likeness (QED) is 0.747. The Balaban J connectivity index is 1.37. The van der Waals surface area contributed by atoms with Crippen molar-refractivity contribution in [2.75, 3.05) is 37.8 Å². The van der Waals surface area contributed by atoms with Crippen molar-refractivity contribution in [2.24, 2.45) is 0 Å². The fraction of sp³-hybridized carbons (Fsp3) is 0.417. The van der Waals surface area contributed by atoms with Gasteiger partial charge in [0.15, 0.2) is 9.84 Å². The first-order chi connectivity index (χ1) is 15.1. The van der Waals surface area contributed by atoms with E-state index in [2.05, 4.69) is 16.3 Å². The van der Waals surface area contributed by atoms with E-state index in [1.54, 1.807) is 32.0 Å². The highest BCUT2D eigenvalue weighted by atomic mass is 32.2. The molecular formula is C24H27N3O4S. The minimum atomic E-state index is -3.27. The highest BCUT2D eigenvalue weighted by molar-refractivity contribution is 7.90. The smallest absolute Gasteiger partial charge is 0.235 e. The van der Waals surface area contributed by atoms with E-state index in [-0.39, 0.29) is 5.91 Å². The van der Waals surface area contributed by atoms with Crippen LogP contribution in [-0.2, 0) is 20.0 Å². The van der Waals surface area contributed by atoms with E-state index in [4.69, 9.17) is 4.74 Å². The standard InChI is InChI=1S/C24H27N3O4S/c1-16-12-19(13-17(2)22(16)32(3,29)30)31-11-10-27-8-6-24(7-9-27)20-14-18(15-25)4-5-21(20)26-23(24)28/h4-5,12-14H,6-11H2,1-3H3,(H,26,28). The Morgan fingerprint density at radius 2 is 1.81 bits per heavy atom. The van der Waals surface area contributed by atoms with Gasteiger partial charge in [-0.25, -0.2) is 8.42 Å². The van der Waals surface area contributed by atoms with Crippen LogP contribution >= 0.6 is 0 Å². The number of nitrogens with one attached hydrogen (secondary N) is 1. The first-order valence-electron chi connectivity index (χ1n) is 10.7. The number of nitriles is 1. The zero-order chi connectivity index (χ0) is 23.1. The van der Waals surface area contributed by atoms with Crippen LogP contribution in [0.15, 0.2) is 35.2 Å². The number of anilines is 1. The number of rotatable bonds is 5. The maximum absolute atomic E-state index is 12.8. The normalized spacial score (nSPS) is 17.6. The van der Waals surface area contributed by atoms with E-state index in [0.717, 1.165) is 24.3 Å². The number of carbonyl (C=O) groups excluding carboxylic acids is 1. The molecule has 1 amide bonds. The molecule has 7 nitrogen and oxygen atoms in total. The zero-order valence-electron chi connectivity index (χ0n) is 18.6. The fourth-order valence-corrected chi connectivity index (χ4v) is 6.30. The second-order valence-electron chi connectivity index (χ2n) is 8.76. The third-order valence-corrected chi connectivity index (χ3v) is 7.92. The van der Waals surface area contributed by atoms with Gasteiger partial charge >= 0.3 is 0 Å². The number of fused-ring (bicyclic) bond motifs is 2. The number of hydrogen-bond acceptors (Lipinski definition) is 6. The number of nitrogens with zero attached hydrogens (tertiary/aromatic N) is 2. The van der Waals surface area contributed by atoms with Crippen LogP contribution in [0.3, 0.4) is 0 Å². The summed E-state index contributed by atoms with van der Waals surface area (Å²) in [5, 5.41) is 12.2. The number of carbonyl (C=O) groups is 1. The lowest BCUT2D eigenvalue weighted by molar-refractivity contribution is -0.122. The summed E-state index contributed by atoms with van der Waals surface area (Å²) in [6.07, 6.45) is 2.61. The summed E-state index contributed by atoms with van der Waals surface area (Å²) in [5.41, 5.74) is 3.14. The molecule has 4 rings (SSSR count). The Labute approximate surface area is 188 Å². The van der Waals surface area contributed by atoms with Crippen molar-refractivity contribution in [3.05, 3.63) is 52.6 Å². The molecule has 0 radical (unpaired) electrons. The number of aryl methyl sites for hydroxylation is 2. The average molecular weight is 454 g/mol. The highest BCUT2D eigenvalue weighted by Crippen LogP contribution is 2.45. The largest absolute Gasteiger partial charge is 0.492 e. The monoisotopic (exact) mass is 453 g/mol. The van der Waals surface area contributed by atoms with Gasteiger partial charge in [-0.15, -0.1) is 0 Å². The zero-order valence-corrected chi connectivity index (χ0v) is 19.4. The van der Waals surface area contributed by atoms with Crippen LogP contribution in [0.25, 0.3) is 0 Å². The van der Waals surface area contributed by atoms with Gasteiger partial charge in [0.1, 0.15) is 12.4 Å². The minimum absolute atomic E-state index is 0.0235. The van der Waals surface area contributed by atoms with E-state index >= 15 is 0 Å². The molecule has 2 heterocycles. The predicted molar refractivity (Wildman–Crippen MR) is 122 cm³/mol. The van der Waals surface area contributed by atoms with Gasteiger partial charge in [0.2, 0.25) is 5.91 Å². The molecule has 1 N–H and O–H groups in total. The summed E-state index contributed by atoms with van der Waals surface area (Å²) in [5.74, 6) is 0.685. The first-order valence-corrected chi connectivity index (χ1v) is 12.6. The van der Waals surface area contributed by atoms with Crippen LogP contribution in [0.5, 0.6) is 5.75 Å². The van der Waals surface area contributed by atoms with Crippen molar-refractivity contribution in [3.63, 3.8) is 0 Å². The molecule has 2 aliphatic heterocycles. The van der Waals surface area contributed by atoms with Crippen molar-refractivity contribution >= 4 is 21.4 Å². The Kier molecular flexibility index (Phi) is 5.74. The molecule has 0 atom stereocenters. The number of benzene rings is 2. The molecule has 0 bridgehead atoms. The molecule has 1 spiro atoms. The first kappa shape index (κ1) is 22.3. The molecule has 0 aliphatic carbocycles. The third-order valence-electron chi connectivity index (χ3n) is 6.54. The number of hydrogen-bond donors (Lipinski definition) is 1. The second kappa shape index (κ2) is 8.23. The van der Waals surface area contributed by atoms with E-state index < -0.39 is 15.3 Å². The third kappa shape index (κ3) is 3.98. The Bertz CT molecular complexity index is 1200. The summed E-state index contributed by atoms with van der Waals surface area (Å²) in [6, 6.07) is 11.1. The molecular weight excluding hydrogens is 426 g/mol. The van der Waals surface area contributed by atoms with Crippen molar-refractivity contribution in [1.82, 2.24) is 4.90 Å². The molecule has 2 aromatic carbocycles. The number of likely N-dealkylation sites (tertiary alicyclic amines) is 1. The lowest BCUT2D eigenvalue weighted by atomic mass is 9.73. The van der Waals surface area contributed by atoms with Crippen molar-refractivity contribution < 1.29 is 17.9 Å². The van der Waals surface area contributed by atoms with Gasteiger partial charge in [0.05, 0.1) is 21.9 Å². The van der Waals surface area contributed by atoms with Gasteiger partial charge in [0, 0.05) is 18.5 Å². The number of sulfone groups is 1. The Hall–Kier alpha value is -2.89. The van der Waals surface area contributed by atoms with Crippen LogP contribution in [0.4, 0.5) is 5.69 Å². The van der Waals surface area contributed by atoms with Gasteiger partial charge in [-0.2, -0.15) is 5.26 Å². The molecule has 0 saturated carbocycles. The van der Waals surface area contributed by atoms with E-state index in [1.807, 2.05) is 12.1 Å². The van der Waals surface area contributed by atoms with E-state index in [1.165, 1.54) is 6.26 Å².